The van der Waals surface area contributed by atoms with Crippen molar-refractivity contribution >= 4 is 44.0 Å². The van der Waals surface area contributed by atoms with Crippen LogP contribution in [-0.4, -0.2) is 30.2 Å². The maximum atomic E-state index is 13.1. The first-order valence-corrected chi connectivity index (χ1v) is 11.5. The number of nitrogens with zero attached hydrogens (tertiary/aromatic N) is 2. The van der Waals surface area contributed by atoms with Gasteiger partial charge < -0.3 is 5.32 Å². The molecule has 2 aliphatic rings. The van der Waals surface area contributed by atoms with Crippen LogP contribution >= 0.6 is 22.9 Å². The molecular formula is C18H20ClN3O3S2. The zero-order valence-electron chi connectivity index (χ0n) is 14.9. The number of aromatic nitrogens is 1. The summed E-state index contributed by atoms with van der Waals surface area (Å²) in [5, 5.41) is 3.89. The SMILES string of the molecule is Cc1c(Cl)cccc1S(=O)(=O)N1CCc2nc(NC(=O)C3CCC3)sc2C1. The van der Waals surface area contributed by atoms with Crippen molar-refractivity contribution < 1.29 is 13.2 Å². The van der Waals surface area contributed by atoms with Crippen molar-refractivity contribution in [2.75, 3.05) is 11.9 Å². The summed E-state index contributed by atoms with van der Waals surface area (Å²) < 4.78 is 27.6. The molecule has 144 valence electrons. The van der Waals surface area contributed by atoms with Gasteiger partial charge in [-0.2, -0.15) is 4.31 Å². The molecule has 4 rings (SSSR count). The highest BCUT2D eigenvalue weighted by molar-refractivity contribution is 7.89. The summed E-state index contributed by atoms with van der Waals surface area (Å²) in [6.07, 6.45) is 3.50. The summed E-state index contributed by atoms with van der Waals surface area (Å²) in [6, 6.07) is 4.92. The molecule has 1 aromatic heterocycles. The van der Waals surface area contributed by atoms with Gasteiger partial charge in [0.2, 0.25) is 15.9 Å². The fourth-order valence-electron chi connectivity index (χ4n) is 3.31. The molecule has 1 N–H and O–H groups in total. The normalized spacial score (nSPS) is 18.0. The van der Waals surface area contributed by atoms with Gasteiger partial charge in [0.1, 0.15) is 0 Å². The Morgan fingerprint density at radius 1 is 1.37 bits per heavy atom. The lowest BCUT2D eigenvalue weighted by Crippen LogP contribution is -2.35. The monoisotopic (exact) mass is 425 g/mol. The van der Waals surface area contributed by atoms with E-state index in [1.165, 1.54) is 15.6 Å². The van der Waals surface area contributed by atoms with Crippen LogP contribution in [0.2, 0.25) is 5.02 Å². The van der Waals surface area contributed by atoms with Gasteiger partial charge in [-0.25, -0.2) is 13.4 Å². The molecule has 1 amide bonds. The lowest BCUT2D eigenvalue weighted by Gasteiger charge is -2.26. The molecule has 1 fully saturated rings. The maximum absolute atomic E-state index is 13.1. The standard InChI is InChI=1S/C18H20ClN3O3S2/c1-11-13(19)6-3-7-16(11)27(24,25)22-9-8-14-15(10-22)26-18(20-14)21-17(23)12-4-2-5-12/h3,6-7,12H,2,4-5,8-10H2,1H3,(H,20,21,23). The van der Waals surface area contributed by atoms with Crippen LogP contribution in [0.4, 0.5) is 5.13 Å². The third-order valence-electron chi connectivity index (χ3n) is 5.24. The van der Waals surface area contributed by atoms with Gasteiger partial charge >= 0.3 is 0 Å². The number of carbonyl (C=O) groups is 1. The van der Waals surface area contributed by atoms with Crippen molar-refractivity contribution in [3.05, 3.63) is 39.4 Å². The van der Waals surface area contributed by atoms with E-state index in [9.17, 15) is 13.2 Å². The Kier molecular flexibility index (Phi) is 5.00. The Morgan fingerprint density at radius 2 is 2.15 bits per heavy atom. The van der Waals surface area contributed by atoms with E-state index in [2.05, 4.69) is 10.3 Å². The molecule has 27 heavy (non-hydrogen) atoms. The summed E-state index contributed by atoms with van der Waals surface area (Å²) >= 11 is 7.47. The summed E-state index contributed by atoms with van der Waals surface area (Å²) in [4.78, 5) is 17.7. The molecule has 1 aromatic carbocycles. The Morgan fingerprint density at radius 3 is 2.85 bits per heavy atom. The summed E-state index contributed by atoms with van der Waals surface area (Å²) in [6.45, 7) is 2.34. The van der Waals surface area contributed by atoms with Crippen molar-refractivity contribution in [3.8, 4) is 0 Å². The van der Waals surface area contributed by atoms with Gasteiger partial charge in [0.05, 0.1) is 17.1 Å². The molecule has 0 unspecified atom stereocenters. The van der Waals surface area contributed by atoms with E-state index >= 15 is 0 Å². The molecule has 0 spiro atoms. The Bertz CT molecular complexity index is 999. The van der Waals surface area contributed by atoms with Crippen molar-refractivity contribution in [2.24, 2.45) is 5.92 Å². The highest BCUT2D eigenvalue weighted by Crippen LogP contribution is 2.34. The lowest BCUT2D eigenvalue weighted by atomic mass is 9.85. The number of anilines is 1. The summed E-state index contributed by atoms with van der Waals surface area (Å²) in [5.41, 5.74) is 1.43. The first-order chi connectivity index (χ1) is 12.9. The average Bonchev–Trinajstić information content (AvgIpc) is 2.96. The fraction of sp³-hybridized carbons (Fsp3) is 0.444. The van der Waals surface area contributed by atoms with Crippen LogP contribution in [0.25, 0.3) is 0 Å². The zero-order chi connectivity index (χ0) is 19.2. The molecular weight excluding hydrogens is 406 g/mol. The van der Waals surface area contributed by atoms with E-state index in [1.807, 2.05) is 0 Å². The van der Waals surface area contributed by atoms with E-state index in [0.717, 1.165) is 29.8 Å². The van der Waals surface area contributed by atoms with Gasteiger partial charge in [-0.05, 0) is 37.5 Å². The number of fused-ring (bicyclic) bond motifs is 1. The number of halogens is 1. The minimum Gasteiger partial charge on any atom is -0.302 e. The van der Waals surface area contributed by atoms with Crippen LogP contribution in [0, 0.1) is 12.8 Å². The molecule has 0 atom stereocenters. The predicted molar refractivity (Wildman–Crippen MR) is 106 cm³/mol. The number of amides is 1. The summed E-state index contributed by atoms with van der Waals surface area (Å²) in [5.74, 6) is 0.111. The number of nitrogens with one attached hydrogen (secondary N) is 1. The molecule has 1 saturated carbocycles. The lowest BCUT2D eigenvalue weighted by molar-refractivity contribution is -0.122. The maximum Gasteiger partial charge on any atom is 0.243 e. The number of thiazole rings is 1. The number of sulfonamides is 1. The van der Waals surface area contributed by atoms with Crippen molar-refractivity contribution in [1.29, 1.82) is 0 Å². The zero-order valence-corrected chi connectivity index (χ0v) is 17.3. The molecule has 1 aliphatic heterocycles. The van der Waals surface area contributed by atoms with Crippen LogP contribution in [0.3, 0.4) is 0 Å². The van der Waals surface area contributed by atoms with Crippen molar-refractivity contribution in [2.45, 2.75) is 44.0 Å². The third-order valence-corrected chi connectivity index (χ3v) is 8.64. The molecule has 6 nitrogen and oxygen atoms in total. The van der Waals surface area contributed by atoms with Crippen molar-refractivity contribution in [1.82, 2.24) is 9.29 Å². The second kappa shape index (κ2) is 7.16. The minimum absolute atomic E-state index is 0.0198. The van der Waals surface area contributed by atoms with Gasteiger partial charge in [-0.15, -0.1) is 11.3 Å². The molecule has 2 aromatic rings. The number of rotatable bonds is 4. The smallest absolute Gasteiger partial charge is 0.243 e. The van der Waals surface area contributed by atoms with E-state index in [4.69, 9.17) is 11.6 Å². The first kappa shape index (κ1) is 18.9. The van der Waals surface area contributed by atoms with Gasteiger partial charge in [0.15, 0.2) is 5.13 Å². The molecule has 0 saturated heterocycles. The van der Waals surface area contributed by atoms with Gasteiger partial charge in [-0.1, -0.05) is 24.1 Å². The first-order valence-electron chi connectivity index (χ1n) is 8.91. The molecule has 0 radical (unpaired) electrons. The topological polar surface area (TPSA) is 79.4 Å². The fourth-order valence-corrected chi connectivity index (χ4v) is 6.31. The highest BCUT2D eigenvalue weighted by Gasteiger charge is 2.32. The van der Waals surface area contributed by atoms with Gasteiger partial charge in [0, 0.05) is 28.8 Å². The van der Waals surface area contributed by atoms with Crippen molar-refractivity contribution in [3.63, 3.8) is 0 Å². The number of hydrogen-bond donors (Lipinski definition) is 1. The van der Waals surface area contributed by atoms with E-state index in [-0.39, 0.29) is 23.3 Å². The van der Waals surface area contributed by atoms with Crippen LogP contribution in [0.15, 0.2) is 23.1 Å². The van der Waals surface area contributed by atoms with E-state index < -0.39 is 10.0 Å². The summed E-state index contributed by atoms with van der Waals surface area (Å²) in [7, 11) is -3.64. The Balaban J connectivity index is 1.54. The third kappa shape index (κ3) is 3.51. The molecule has 0 bridgehead atoms. The molecule has 1 aliphatic carbocycles. The van der Waals surface area contributed by atoms with E-state index in [0.29, 0.717) is 28.7 Å². The van der Waals surface area contributed by atoms with Crippen LogP contribution in [0.5, 0.6) is 0 Å². The van der Waals surface area contributed by atoms with Crippen LogP contribution in [0.1, 0.15) is 35.4 Å². The second-order valence-electron chi connectivity index (χ2n) is 6.96. The Hall–Kier alpha value is -1.48. The largest absolute Gasteiger partial charge is 0.302 e. The number of hydrogen-bond acceptors (Lipinski definition) is 5. The quantitative estimate of drug-likeness (QED) is 0.811. The van der Waals surface area contributed by atoms with Crippen LogP contribution < -0.4 is 5.32 Å². The van der Waals surface area contributed by atoms with Crippen LogP contribution in [-0.2, 0) is 27.8 Å². The second-order valence-corrected chi connectivity index (χ2v) is 10.4. The minimum atomic E-state index is -3.64. The van der Waals surface area contributed by atoms with Gasteiger partial charge in [-0.3, -0.25) is 4.79 Å². The van der Waals surface area contributed by atoms with Gasteiger partial charge in [0.25, 0.3) is 0 Å². The Labute approximate surface area is 167 Å². The molecule has 9 heteroatoms. The number of benzene rings is 1. The van der Waals surface area contributed by atoms with E-state index in [1.54, 1.807) is 25.1 Å². The predicted octanol–water partition coefficient (Wildman–Crippen LogP) is 3.59. The molecule has 2 heterocycles. The number of carbonyl (C=O) groups excluding carboxylic acids is 1. The average molecular weight is 426 g/mol. The highest BCUT2D eigenvalue weighted by atomic mass is 35.5.